The molecule has 0 amide bonds. The number of benzene rings is 1. The van der Waals surface area contributed by atoms with E-state index in [0.717, 1.165) is 15.4 Å². The van der Waals surface area contributed by atoms with Crippen LogP contribution in [0.2, 0.25) is 0 Å². The van der Waals surface area contributed by atoms with Gasteiger partial charge in [0.2, 0.25) is 0 Å². The number of hydrogen-bond donors (Lipinski definition) is 1. The number of hydrogen-bond acceptors (Lipinski definition) is 1. The SMILES string of the molecule is CCCCC(CC)Nc1c(Br)cc(C)cc1Br. The van der Waals surface area contributed by atoms with Gasteiger partial charge in [-0.05, 0) is 69.3 Å². The Morgan fingerprint density at radius 2 is 1.76 bits per heavy atom. The van der Waals surface area contributed by atoms with E-state index >= 15 is 0 Å². The van der Waals surface area contributed by atoms with Gasteiger partial charge in [-0.1, -0.05) is 26.7 Å². The molecule has 0 saturated heterocycles. The van der Waals surface area contributed by atoms with Gasteiger partial charge in [-0.25, -0.2) is 0 Å². The fourth-order valence-electron chi connectivity index (χ4n) is 1.87. The number of unbranched alkanes of at least 4 members (excludes halogenated alkanes) is 1. The van der Waals surface area contributed by atoms with Crippen LogP contribution < -0.4 is 5.32 Å². The third kappa shape index (κ3) is 4.63. The summed E-state index contributed by atoms with van der Waals surface area (Å²) in [5.41, 5.74) is 2.44. The summed E-state index contributed by atoms with van der Waals surface area (Å²) in [6.45, 7) is 6.58. The second kappa shape index (κ2) is 7.42. The Labute approximate surface area is 122 Å². The number of halogens is 2. The molecule has 0 heterocycles. The maximum absolute atomic E-state index is 3.63. The third-order valence-electron chi connectivity index (χ3n) is 2.93. The van der Waals surface area contributed by atoms with Crippen molar-refractivity contribution in [3.8, 4) is 0 Å². The molecule has 1 nitrogen and oxygen atoms in total. The normalized spacial score (nSPS) is 12.5. The second-order valence-electron chi connectivity index (χ2n) is 4.50. The van der Waals surface area contributed by atoms with Gasteiger partial charge in [-0.2, -0.15) is 0 Å². The standard InChI is InChI=1S/C14H21Br2N/c1-4-6-7-11(5-2)17-14-12(15)8-10(3)9-13(14)16/h8-9,11,17H,4-7H2,1-3H3. The van der Waals surface area contributed by atoms with E-state index in [-0.39, 0.29) is 0 Å². The van der Waals surface area contributed by atoms with Crippen LogP contribution in [-0.2, 0) is 0 Å². The van der Waals surface area contributed by atoms with E-state index in [1.54, 1.807) is 0 Å². The molecule has 17 heavy (non-hydrogen) atoms. The predicted octanol–water partition coefficient (Wildman–Crippen LogP) is 5.90. The van der Waals surface area contributed by atoms with E-state index in [9.17, 15) is 0 Å². The number of anilines is 1. The highest BCUT2D eigenvalue weighted by atomic mass is 79.9. The minimum Gasteiger partial charge on any atom is -0.380 e. The Morgan fingerprint density at radius 3 is 2.24 bits per heavy atom. The van der Waals surface area contributed by atoms with Gasteiger partial charge in [0.25, 0.3) is 0 Å². The fourth-order valence-corrected chi connectivity index (χ4v) is 3.52. The van der Waals surface area contributed by atoms with E-state index in [0.29, 0.717) is 6.04 Å². The van der Waals surface area contributed by atoms with E-state index in [4.69, 9.17) is 0 Å². The average molecular weight is 363 g/mol. The van der Waals surface area contributed by atoms with Crippen molar-refractivity contribution in [1.82, 2.24) is 0 Å². The maximum Gasteiger partial charge on any atom is 0.0631 e. The zero-order valence-corrected chi connectivity index (χ0v) is 14.0. The minimum atomic E-state index is 0.560. The molecule has 1 N–H and O–H groups in total. The molecule has 0 aliphatic heterocycles. The van der Waals surface area contributed by atoms with Crippen molar-refractivity contribution in [3.05, 3.63) is 26.6 Å². The molecular weight excluding hydrogens is 342 g/mol. The van der Waals surface area contributed by atoms with Crippen molar-refractivity contribution in [2.45, 2.75) is 52.5 Å². The molecule has 1 unspecified atom stereocenters. The Morgan fingerprint density at radius 1 is 1.18 bits per heavy atom. The molecule has 1 aromatic rings. The molecule has 96 valence electrons. The lowest BCUT2D eigenvalue weighted by atomic mass is 10.1. The van der Waals surface area contributed by atoms with Crippen LogP contribution >= 0.6 is 31.9 Å². The molecule has 3 heteroatoms. The molecule has 1 rings (SSSR count). The fraction of sp³-hybridized carbons (Fsp3) is 0.571. The summed E-state index contributed by atoms with van der Waals surface area (Å²) in [5, 5.41) is 3.63. The van der Waals surface area contributed by atoms with Gasteiger partial charge in [0.1, 0.15) is 0 Å². The zero-order valence-electron chi connectivity index (χ0n) is 10.8. The summed E-state index contributed by atoms with van der Waals surface area (Å²) in [6, 6.07) is 4.87. The molecule has 1 atom stereocenters. The number of rotatable bonds is 6. The van der Waals surface area contributed by atoms with E-state index < -0.39 is 0 Å². The molecule has 0 fully saturated rings. The summed E-state index contributed by atoms with van der Waals surface area (Å²) in [7, 11) is 0. The monoisotopic (exact) mass is 361 g/mol. The minimum absolute atomic E-state index is 0.560. The molecule has 0 aliphatic rings. The van der Waals surface area contributed by atoms with Crippen molar-refractivity contribution in [2.24, 2.45) is 0 Å². The number of aryl methyl sites for hydroxylation is 1. The average Bonchev–Trinajstić information content (AvgIpc) is 2.27. The Kier molecular flexibility index (Phi) is 6.57. The highest BCUT2D eigenvalue weighted by molar-refractivity contribution is 9.11. The topological polar surface area (TPSA) is 12.0 Å². The molecular formula is C14H21Br2N. The number of nitrogens with one attached hydrogen (secondary N) is 1. The highest BCUT2D eigenvalue weighted by Crippen LogP contribution is 2.33. The van der Waals surface area contributed by atoms with Crippen LogP contribution in [0.4, 0.5) is 5.69 Å². The summed E-state index contributed by atoms with van der Waals surface area (Å²) in [5.74, 6) is 0. The first-order valence-corrected chi connectivity index (χ1v) is 7.89. The molecule has 0 aromatic heterocycles. The lowest BCUT2D eigenvalue weighted by molar-refractivity contribution is 0.593. The van der Waals surface area contributed by atoms with Crippen LogP contribution in [0.25, 0.3) is 0 Å². The summed E-state index contributed by atoms with van der Waals surface area (Å²) < 4.78 is 2.28. The first kappa shape index (κ1) is 15.0. The predicted molar refractivity (Wildman–Crippen MR) is 83.8 cm³/mol. The Hall–Kier alpha value is -0.0200. The van der Waals surface area contributed by atoms with Crippen LogP contribution in [0.15, 0.2) is 21.1 Å². The van der Waals surface area contributed by atoms with Gasteiger partial charge in [-0.3, -0.25) is 0 Å². The summed E-state index contributed by atoms with van der Waals surface area (Å²) in [6.07, 6.45) is 4.94. The molecule has 0 bridgehead atoms. The van der Waals surface area contributed by atoms with Gasteiger partial charge in [0.15, 0.2) is 0 Å². The lowest BCUT2D eigenvalue weighted by Crippen LogP contribution is -2.18. The third-order valence-corrected chi connectivity index (χ3v) is 4.18. The van der Waals surface area contributed by atoms with Gasteiger partial charge in [0, 0.05) is 15.0 Å². The van der Waals surface area contributed by atoms with E-state index in [1.807, 2.05) is 0 Å². The van der Waals surface area contributed by atoms with Crippen molar-refractivity contribution >= 4 is 37.5 Å². The molecule has 0 spiro atoms. The van der Waals surface area contributed by atoms with Crippen molar-refractivity contribution < 1.29 is 0 Å². The van der Waals surface area contributed by atoms with Crippen LogP contribution in [0.3, 0.4) is 0 Å². The van der Waals surface area contributed by atoms with Crippen molar-refractivity contribution in [1.29, 1.82) is 0 Å². The first-order chi connectivity index (χ1) is 8.08. The van der Waals surface area contributed by atoms with Gasteiger partial charge >= 0.3 is 0 Å². The Balaban J connectivity index is 2.78. The smallest absolute Gasteiger partial charge is 0.0631 e. The van der Waals surface area contributed by atoms with Gasteiger partial charge in [0.05, 0.1) is 5.69 Å². The van der Waals surface area contributed by atoms with E-state index in [1.165, 1.54) is 30.5 Å². The van der Waals surface area contributed by atoms with Crippen LogP contribution in [0.5, 0.6) is 0 Å². The molecule has 0 radical (unpaired) electrons. The van der Waals surface area contributed by atoms with Crippen LogP contribution in [0.1, 0.15) is 45.1 Å². The molecule has 0 saturated carbocycles. The quantitative estimate of drug-likeness (QED) is 0.664. The second-order valence-corrected chi connectivity index (χ2v) is 6.20. The highest BCUT2D eigenvalue weighted by Gasteiger charge is 2.11. The lowest BCUT2D eigenvalue weighted by Gasteiger charge is -2.20. The van der Waals surface area contributed by atoms with Gasteiger partial charge in [-0.15, -0.1) is 0 Å². The first-order valence-electron chi connectivity index (χ1n) is 6.30. The van der Waals surface area contributed by atoms with Crippen molar-refractivity contribution in [3.63, 3.8) is 0 Å². The summed E-state index contributed by atoms with van der Waals surface area (Å²) in [4.78, 5) is 0. The zero-order chi connectivity index (χ0) is 12.8. The largest absolute Gasteiger partial charge is 0.380 e. The molecule has 0 aliphatic carbocycles. The van der Waals surface area contributed by atoms with Gasteiger partial charge < -0.3 is 5.32 Å². The van der Waals surface area contributed by atoms with E-state index in [2.05, 4.69) is 70.1 Å². The van der Waals surface area contributed by atoms with Crippen molar-refractivity contribution in [2.75, 3.05) is 5.32 Å². The Bertz CT molecular complexity index is 340. The summed E-state index contributed by atoms with van der Waals surface area (Å²) >= 11 is 7.26. The van der Waals surface area contributed by atoms with Crippen LogP contribution in [0, 0.1) is 6.92 Å². The maximum atomic E-state index is 3.63. The van der Waals surface area contributed by atoms with Crippen LogP contribution in [-0.4, -0.2) is 6.04 Å². The molecule has 1 aromatic carbocycles.